The molecule has 0 amide bonds. The Morgan fingerprint density at radius 1 is 1.38 bits per heavy atom. The van der Waals surface area contributed by atoms with E-state index in [1.807, 2.05) is 0 Å². The summed E-state index contributed by atoms with van der Waals surface area (Å²) >= 11 is 0. The molecular formula is C8H19ClNO3-. The Hall–Kier alpha value is -0.320. The summed E-state index contributed by atoms with van der Waals surface area (Å²) in [6.45, 7) is 2.34. The number of rotatable bonds is 3. The Labute approximate surface area is 86.2 Å². The van der Waals surface area contributed by atoms with Crippen molar-refractivity contribution in [2.24, 2.45) is 0 Å². The molecule has 0 fully saturated rings. The first-order valence-corrected chi connectivity index (χ1v) is 3.88. The third kappa shape index (κ3) is 50.0. The second-order valence-electron chi connectivity index (χ2n) is 3.58. The van der Waals surface area contributed by atoms with E-state index >= 15 is 0 Å². The van der Waals surface area contributed by atoms with E-state index in [0.29, 0.717) is 6.61 Å². The van der Waals surface area contributed by atoms with Crippen molar-refractivity contribution in [2.75, 3.05) is 34.3 Å². The predicted octanol–water partition coefficient (Wildman–Crippen LogP) is -4.16. The van der Waals surface area contributed by atoms with Crippen LogP contribution in [0.25, 0.3) is 0 Å². The van der Waals surface area contributed by atoms with E-state index in [1.54, 1.807) is 0 Å². The standard InChI is InChI=1S/C6H16NO.C2H4O2.ClH/c1-7(2,3)5-4-6-8;1-2(3)4;/h8H,4-6H2,1-3H3;1H3,(H,3,4);1H/q+1;;/p-2. The fraction of sp³-hybridized carbons (Fsp3) is 0.875. The molecule has 1 N–H and O–H groups in total. The Bertz CT molecular complexity index is 119. The van der Waals surface area contributed by atoms with E-state index in [-0.39, 0.29) is 12.4 Å². The quantitative estimate of drug-likeness (QED) is 0.483. The summed E-state index contributed by atoms with van der Waals surface area (Å²) in [6.07, 6.45) is 0.906. The molecule has 0 radical (unpaired) electrons. The van der Waals surface area contributed by atoms with Crippen LogP contribution in [0.15, 0.2) is 0 Å². The van der Waals surface area contributed by atoms with Gasteiger partial charge in [-0.1, -0.05) is 0 Å². The number of nitrogens with zero attached hydrogens (tertiary/aromatic N) is 1. The number of halogens is 1. The molecule has 0 heterocycles. The van der Waals surface area contributed by atoms with Gasteiger partial charge in [-0.3, -0.25) is 0 Å². The maximum atomic E-state index is 8.89. The fourth-order valence-corrected chi connectivity index (χ4v) is 0.545. The van der Waals surface area contributed by atoms with Gasteiger partial charge >= 0.3 is 0 Å². The van der Waals surface area contributed by atoms with Crippen molar-refractivity contribution in [3.8, 4) is 0 Å². The Morgan fingerprint density at radius 2 is 1.69 bits per heavy atom. The Kier molecular flexibility index (Phi) is 13.9. The van der Waals surface area contributed by atoms with Crippen molar-refractivity contribution in [1.82, 2.24) is 0 Å². The lowest BCUT2D eigenvalue weighted by atomic mass is 10.4. The highest BCUT2D eigenvalue weighted by molar-refractivity contribution is 5.60. The summed E-state index contributed by atoms with van der Waals surface area (Å²) in [5.41, 5.74) is 0. The third-order valence-electron chi connectivity index (χ3n) is 0.987. The second kappa shape index (κ2) is 9.77. The molecule has 0 aromatic carbocycles. The molecular weight excluding hydrogens is 194 g/mol. The maximum Gasteiger partial charge on any atom is 0.0802 e. The summed E-state index contributed by atoms with van der Waals surface area (Å²) in [5.74, 6) is -1.08. The van der Waals surface area contributed by atoms with Gasteiger partial charge in [0, 0.05) is 19.0 Å². The first kappa shape index (κ1) is 18.5. The number of aliphatic hydroxyl groups excluding tert-OH is 1. The topological polar surface area (TPSA) is 60.4 Å². The normalized spacial score (nSPS) is 9.31. The van der Waals surface area contributed by atoms with Crippen molar-refractivity contribution < 1.29 is 31.9 Å². The third-order valence-corrected chi connectivity index (χ3v) is 0.987. The van der Waals surface area contributed by atoms with E-state index in [2.05, 4.69) is 21.1 Å². The van der Waals surface area contributed by atoms with Crippen molar-refractivity contribution >= 4 is 5.97 Å². The van der Waals surface area contributed by atoms with E-state index in [9.17, 15) is 0 Å². The zero-order valence-corrected chi connectivity index (χ0v) is 9.47. The highest BCUT2D eigenvalue weighted by atomic mass is 35.5. The molecule has 0 saturated carbocycles. The van der Waals surface area contributed by atoms with Crippen molar-refractivity contribution in [3.63, 3.8) is 0 Å². The molecule has 0 aromatic heterocycles. The minimum Gasteiger partial charge on any atom is -1.00 e. The van der Waals surface area contributed by atoms with E-state index in [4.69, 9.17) is 15.0 Å². The molecule has 0 aliphatic rings. The van der Waals surface area contributed by atoms with Crippen LogP contribution in [-0.4, -0.2) is 49.9 Å². The maximum absolute atomic E-state index is 8.89. The van der Waals surface area contributed by atoms with E-state index in [1.165, 1.54) is 0 Å². The number of carbonyl (C=O) groups excluding carboxylic acids is 1. The second-order valence-corrected chi connectivity index (χ2v) is 3.58. The number of quaternary nitrogens is 1. The molecule has 0 spiro atoms. The molecule has 0 aliphatic carbocycles. The molecule has 0 saturated heterocycles. The molecule has 0 bridgehead atoms. The van der Waals surface area contributed by atoms with Gasteiger partial charge in [0.25, 0.3) is 0 Å². The number of carboxylic acid groups (broad SMARTS) is 1. The van der Waals surface area contributed by atoms with E-state index in [0.717, 1.165) is 24.4 Å². The Balaban J connectivity index is -0.000000173. The van der Waals surface area contributed by atoms with Crippen LogP contribution in [0.1, 0.15) is 13.3 Å². The molecule has 13 heavy (non-hydrogen) atoms. The number of aliphatic hydroxyl groups is 1. The largest absolute Gasteiger partial charge is 1.00 e. The monoisotopic (exact) mass is 212 g/mol. The summed E-state index contributed by atoms with van der Waals surface area (Å²) in [7, 11) is 6.36. The summed E-state index contributed by atoms with van der Waals surface area (Å²) in [6, 6.07) is 0. The first-order valence-electron chi connectivity index (χ1n) is 3.88. The van der Waals surface area contributed by atoms with Crippen LogP contribution < -0.4 is 17.5 Å². The van der Waals surface area contributed by atoms with Crippen LogP contribution >= 0.6 is 0 Å². The van der Waals surface area contributed by atoms with Gasteiger partial charge in [-0.15, -0.1) is 0 Å². The van der Waals surface area contributed by atoms with Crippen LogP contribution in [0.5, 0.6) is 0 Å². The van der Waals surface area contributed by atoms with Crippen LogP contribution in [0, 0.1) is 0 Å². The predicted molar refractivity (Wildman–Crippen MR) is 45.3 cm³/mol. The van der Waals surface area contributed by atoms with Crippen molar-refractivity contribution in [3.05, 3.63) is 0 Å². The molecule has 0 atom stereocenters. The fourth-order valence-electron chi connectivity index (χ4n) is 0.545. The lowest BCUT2D eigenvalue weighted by Gasteiger charge is -2.22. The molecule has 4 nitrogen and oxygen atoms in total. The van der Waals surface area contributed by atoms with E-state index < -0.39 is 5.97 Å². The molecule has 5 heteroatoms. The average molecular weight is 213 g/mol. The van der Waals surface area contributed by atoms with Crippen LogP contribution in [0.3, 0.4) is 0 Å². The van der Waals surface area contributed by atoms with Crippen molar-refractivity contribution in [1.29, 1.82) is 0 Å². The summed E-state index contributed by atoms with van der Waals surface area (Å²) < 4.78 is 0.945. The number of hydrogen-bond acceptors (Lipinski definition) is 3. The zero-order valence-electron chi connectivity index (χ0n) is 8.71. The van der Waals surface area contributed by atoms with Gasteiger partial charge in [0.15, 0.2) is 0 Å². The number of aliphatic carboxylic acids is 1. The lowest BCUT2D eigenvalue weighted by Crippen LogP contribution is -3.00. The minimum absolute atomic E-state index is 0. The summed E-state index contributed by atoms with van der Waals surface area (Å²) in [4.78, 5) is 8.89. The number of carbonyl (C=O) groups is 1. The highest BCUT2D eigenvalue weighted by Crippen LogP contribution is 1.90. The molecule has 0 rings (SSSR count). The van der Waals surface area contributed by atoms with Gasteiger partial charge in [0.05, 0.1) is 27.7 Å². The number of carboxylic acids is 1. The van der Waals surface area contributed by atoms with Gasteiger partial charge in [-0.25, -0.2) is 0 Å². The van der Waals surface area contributed by atoms with Crippen molar-refractivity contribution in [2.45, 2.75) is 13.3 Å². The highest BCUT2D eigenvalue weighted by Gasteiger charge is 2.03. The van der Waals surface area contributed by atoms with Gasteiger partial charge in [0.2, 0.25) is 0 Å². The van der Waals surface area contributed by atoms with Crippen LogP contribution in [0.4, 0.5) is 0 Å². The smallest absolute Gasteiger partial charge is 0.0802 e. The lowest BCUT2D eigenvalue weighted by molar-refractivity contribution is -0.870. The Morgan fingerprint density at radius 3 is 1.77 bits per heavy atom. The number of hydrogen-bond donors (Lipinski definition) is 1. The van der Waals surface area contributed by atoms with Gasteiger partial charge in [-0.05, 0) is 6.92 Å². The zero-order chi connectivity index (χ0) is 10.2. The van der Waals surface area contributed by atoms with Crippen LogP contribution in [0.2, 0.25) is 0 Å². The SMILES string of the molecule is CC(=O)[O-].C[N+](C)(C)CCCO.[Cl-]. The molecule has 82 valence electrons. The summed E-state index contributed by atoms with van der Waals surface area (Å²) in [5, 5.41) is 17.3. The molecule has 0 unspecified atom stereocenters. The average Bonchev–Trinajstić information content (AvgIpc) is 1.80. The minimum atomic E-state index is -1.08. The van der Waals surface area contributed by atoms with Gasteiger partial charge in [0.1, 0.15) is 0 Å². The van der Waals surface area contributed by atoms with Gasteiger partial charge < -0.3 is 31.9 Å². The van der Waals surface area contributed by atoms with Gasteiger partial charge in [-0.2, -0.15) is 0 Å². The first-order chi connectivity index (χ1) is 5.29. The molecule has 0 aliphatic heterocycles. The molecule has 0 aromatic rings. The van der Waals surface area contributed by atoms with Crippen LogP contribution in [-0.2, 0) is 4.79 Å².